The lowest BCUT2D eigenvalue weighted by atomic mass is 10.1. The predicted octanol–water partition coefficient (Wildman–Crippen LogP) is 3.18. The Morgan fingerprint density at radius 3 is 2.57 bits per heavy atom. The second-order valence-electron chi connectivity index (χ2n) is 5.87. The highest BCUT2D eigenvalue weighted by Gasteiger charge is 2.22. The first-order valence-electron chi connectivity index (χ1n) is 8.35. The quantitative estimate of drug-likeness (QED) is 0.665. The lowest BCUT2D eigenvalue weighted by Crippen LogP contribution is -2.24. The maximum Gasteiger partial charge on any atom is 0.257 e. The van der Waals surface area contributed by atoms with E-state index in [1.807, 2.05) is 6.07 Å². The molecule has 0 aliphatic carbocycles. The topological polar surface area (TPSA) is 98.2 Å². The molecule has 0 radical (unpaired) electrons. The molecule has 3 rings (SSSR count). The standard InChI is InChI=1S/C21H16ClN3O3/c1-13-18(19(25-28-13)16-6-2-3-7-17(16)22)21(27)24-12-4-5-14-8-10-15(11-9-14)20(23)26/h2-3,6-11H,12H2,1H3,(H2,23,26)(H,24,27). The van der Waals surface area contributed by atoms with E-state index in [-0.39, 0.29) is 12.5 Å². The Morgan fingerprint density at radius 2 is 1.89 bits per heavy atom. The van der Waals surface area contributed by atoms with Crippen molar-refractivity contribution in [1.29, 1.82) is 0 Å². The second-order valence-corrected chi connectivity index (χ2v) is 6.28. The van der Waals surface area contributed by atoms with Gasteiger partial charge < -0.3 is 15.6 Å². The minimum Gasteiger partial charge on any atom is -0.366 e. The van der Waals surface area contributed by atoms with Crippen LogP contribution in [0.3, 0.4) is 0 Å². The molecule has 0 fully saturated rings. The smallest absolute Gasteiger partial charge is 0.257 e. The fourth-order valence-corrected chi connectivity index (χ4v) is 2.78. The van der Waals surface area contributed by atoms with Crippen molar-refractivity contribution in [3.63, 3.8) is 0 Å². The molecular weight excluding hydrogens is 378 g/mol. The number of primary amides is 1. The van der Waals surface area contributed by atoms with E-state index in [1.165, 1.54) is 0 Å². The van der Waals surface area contributed by atoms with Crippen molar-refractivity contribution in [2.75, 3.05) is 6.54 Å². The zero-order valence-corrected chi connectivity index (χ0v) is 15.7. The molecule has 7 heteroatoms. The van der Waals surface area contributed by atoms with Crippen molar-refractivity contribution < 1.29 is 14.1 Å². The molecule has 0 aliphatic heterocycles. The molecular formula is C21H16ClN3O3. The first-order chi connectivity index (χ1) is 13.5. The number of halogens is 1. The third kappa shape index (κ3) is 4.22. The molecule has 2 amide bonds. The van der Waals surface area contributed by atoms with Gasteiger partial charge in [-0.3, -0.25) is 9.59 Å². The minimum absolute atomic E-state index is 0.128. The highest BCUT2D eigenvalue weighted by atomic mass is 35.5. The van der Waals surface area contributed by atoms with E-state index in [0.29, 0.717) is 38.7 Å². The largest absolute Gasteiger partial charge is 0.366 e. The first kappa shape index (κ1) is 19.2. The van der Waals surface area contributed by atoms with E-state index in [0.717, 1.165) is 0 Å². The lowest BCUT2D eigenvalue weighted by molar-refractivity contribution is 0.0956. The number of nitrogens with zero attached hydrogens (tertiary/aromatic N) is 1. The van der Waals surface area contributed by atoms with Crippen molar-refractivity contribution >= 4 is 23.4 Å². The summed E-state index contributed by atoms with van der Waals surface area (Å²) in [5.41, 5.74) is 7.64. The van der Waals surface area contributed by atoms with Crippen LogP contribution < -0.4 is 11.1 Å². The number of aryl methyl sites for hydroxylation is 1. The Morgan fingerprint density at radius 1 is 1.18 bits per heavy atom. The van der Waals surface area contributed by atoms with Crippen molar-refractivity contribution in [2.24, 2.45) is 5.73 Å². The fraction of sp³-hybridized carbons (Fsp3) is 0.0952. The number of hydrogen-bond donors (Lipinski definition) is 2. The minimum atomic E-state index is -0.495. The van der Waals surface area contributed by atoms with E-state index < -0.39 is 5.91 Å². The maximum atomic E-state index is 12.6. The number of carbonyl (C=O) groups is 2. The Balaban J connectivity index is 1.71. The van der Waals surface area contributed by atoms with Gasteiger partial charge in [0, 0.05) is 16.7 Å². The van der Waals surface area contributed by atoms with Gasteiger partial charge in [0.25, 0.3) is 5.91 Å². The summed E-state index contributed by atoms with van der Waals surface area (Å²) >= 11 is 6.21. The summed E-state index contributed by atoms with van der Waals surface area (Å²) in [5.74, 6) is 5.30. The number of rotatable bonds is 4. The first-order valence-corrected chi connectivity index (χ1v) is 8.73. The van der Waals surface area contributed by atoms with Gasteiger partial charge in [-0.05, 0) is 37.3 Å². The van der Waals surface area contributed by atoms with Crippen LogP contribution in [0.5, 0.6) is 0 Å². The van der Waals surface area contributed by atoms with Crippen molar-refractivity contribution in [2.45, 2.75) is 6.92 Å². The molecule has 140 valence electrons. The van der Waals surface area contributed by atoms with E-state index in [9.17, 15) is 9.59 Å². The van der Waals surface area contributed by atoms with Crippen LogP contribution in [0.4, 0.5) is 0 Å². The molecule has 0 saturated carbocycles. The molecule has 1 heterocycles. The van der Waals surface area contributed by atoms with Crippen molar-refractivity contribution in [1.82, 2.24) is 10.5 Å². The summed E-state index contributed by atoms with van der Waals surface area (Å²) in [6.45, 7) is 1.79. The zero-order valence-electron chi connectivity index (χ0n) is 15.0. The normalized spacial score (nSPS) is 10.1. The second kappa shape index (κ2) is 8.42. The molecule has 3 aromatic rings. The molecule has 0 unspecified atom stereocenters. The Labute approximate surface area is 166 Å². The van der Waals surface area contributed by atoms with Crippen molar-refractivity contribution in [3.8, 4) is 23.1 Å². The summed E-state index contributed by atoms with van der Waals surface area (Å²) < 4.78 is 5.19. The summed E-state index contributed by atoms with van der Waals surface area (Å²) in [6, 6.07) is 13.7. The van der Waals surface area contributed by atoms with Crippen LogP contribution in [0.15, 0.2) is 53.1 Å². The molecule has 28 heavy (non-hydrogen) atoms. The molecule has 1 aromatic heterocycles. The van der Waals surface area contributed by atoms with Gasteiger partial charge in [0.05, 0.1) is 11.6 Å². The van der Waals surface area contributed by atoms with Gasteiger partial charge in [0.15, 0.2) is 0 Å². The molecule has 0 bridgehead atoms. The molecule has 0 spiro atoms. The number of nitrogens with two attached hydrogens (primary N) is 1. The Kier molecular flexibility index (Phi) is 5.78. The molecule has 0 saturated heterocycles. The number of hydrogen-bond acceptors (Lipinski definition) is 4. The van der Waals surface area contributed by atoms with Gasteiger partial charge >= 0.3 is 0 Å². The highest BCUT2D eigenvalue weighted by Crippen LogP contribution is 2.30. The van der Waals surface area contributed by atoms with E-state index >= 15 is 0 Å². The van der Waals surface area contributed by atoms with Gasteiger partial charge in [0.2, 0.25) is 5.91 Å². The van der Waals surface area contributed by atoms with E-state index in [4.69, 9.17) is 21.9 Å². The molecule has 6 nitrogen and oxygen atoms in total. The van der Waals surface area contributed by atoms with Crippen LogP contribution in [0.1, 0.15) is 32.0 Å². The Bertz CT molecular complexity index is 1090. The SMILES string of the molecule is Cc1onc(-c2ccccc2Cl)c1C(=O)NCC#Cc1ccc(C(N)=O)cc1. The summed E-state index contributed by atoms with van der Waals surface area (Å²) in [4.78, 5) is 23.6. The number of benzene rings is 2. The monoisotopic (exact) mass is 393 g/mol. The van der Waals surface area contributed by atoms with Crippen LogP contribution in [0.25, 0.3) is 11.3 Å². The van der Waals surface area contributed by atoms with Crippen LogP contribution in [-0.4, -0.2) is 23.5 Å². The predicted molar refractivity (Wildman–Crippen MR) is 106 cm³/mol. The van der Waals surface area contributed by atoms with Gasteiger partial charge in [-0.15, -0.1) is 0 Å². The van der Waals surface area contributed by atoms with Gasteiger partial charge in [0.1, 0.15) is 17.0 Å². The van der Waals surface area contributed by atoms with Crippen LogP contribution in [0, 0.1) is 18.8 Å². The molecule has 0 aliphatic rings. The number of nitrogens with one attached hydrogen (secondary N) is 1. The molecule has 2 aromatic carbocycles. The van der Waals surface area contributed by atoms with Crippen LogP contribution in [-0.2, 0) is 0 Å². The van der Waals surface area contributed by atoms with Crippen molar-refractivity contribution in [3.05, 3.63) is 76.0 Å². The average molecular weight is 394 g/mol. The molecule has 3 N–H and O–H groups in total. The number of carbonyl (C=O) groups excluding carboxylic acids is 2. The van der Waals surface area contributed by atoms with Gasteiger partial charge in [-0.25, -0.2) is 0 Å². The van der Waals surface area contributed by atoms with Gasteiger partial charge in [-0.2, -0.15) is 0 Å². The van der Waals surface area contributed by atoms with Crippen LogP contribution in [0.2, 0.25) is 5.02 Å². The van der Waals surface area contributed by atoms with E-state index in [1.54, 1.807) is 49.4 Å². The fourth-order valence-electron chi connectivity index (χ4n) is 2.55. The number of aromatic nitrogens is 1. The average Bonchev–Trinajstić information content (AvgIpc) is 3.07. The summed E-state index contributed by atoms with van der Waals surface area (Å²) in [6.07, 6.45) is 0. The third-order valence-corrected chi connectivity index (χ3v) is 4.29. The van der Waals surface area contributed by atoms with Gasteiger partial charge in [-0.1, -0.05) is 46.8 Å². The Hall–Kier alpha value is -3.56. The summed E-state index contributed by atoms with van der Waals surface area (Å²) in [7, 11) is 0. The van der Waals surface area contributed by atoms with Crippen LogP contribution >= 0.6 is 11.6 Å². The summed E-state index contributed by atoms with van der Waals surface area (Å²) in [5, 5.41) is 7.17. The number of amides is 2. The lowest BCUT2D eigenvalue weighted by Gasteiger charge is -2.04. The highest BCUT2D eigenvalue weighted by molar-refractivity contribution is 6.33. The molecule has 0 atom stereocenters. The zero-order chi connectivity index (χ0) is 20.1. The van der Waals surface area contributed by atoms with E-state index in [2.05, 4.69) is 22.3 Å². The maximum absolute atomic E-state index is 12.6. The third-order valence-electron chi connectivity index (χ3n) is 3.96.